The van der Waals surface area contributed by atoms with Gasteiger partial charge in [0.15, 0.2) is 11.5 Å². The molecule has 1 aromatic carbocycles. The minimum atomic E-state index is -0.276. The first-order valence-electron chi connectivity index (χ1n) is 8.49. The number of furan rings is 1. The van der Waals surface area contributed by atoms with Crippen molar-refractivity contribution in [2.45, 2.75) is 19.9 Å². The molecule has 7 heteroatoms. The molecule has 1 unspecified atom stereocenters. The maximum absolute atomic E-state index is 12.4. The lowest BCUT2D eigenvalue weighted by Crippen LogP contribution is -2.34. The molecule has 1 N–H and O–H groups in total. The monoisotopic (exact) mass is 389 g/mol. The molecule has 144 valence electrons. The van der Waals surface area contributed by atoms with E-state index < -0.39 is 0 Å². The van der Waals surface area contributed by atoms with Gasteiger partial charge in [0.05, 0.1) is 6.04 Å². The summed E-state index contributed by atoms with van der Waals surface area (Å²) >= 11 is 0. The van der Waals surface area contributed by atoms with Gasteiger partial charge in [-0.05, 0) is 40.1 Å². The van der Waals surface area contributed by atoms with Crippen molar-refractivity contribution in [1.82, 2.24) is 15.4 Å². The van der Waals surface area contributed by atoms with Gasteiger partial charge in [-0.15, -0.1) is 12.4 Å². The quantitative estimate of drug-likeness (QED) is 0.689. The second-order valence-corrected chi connectivity index (χ2v) is 6.58. The molecule has 0 fully saturated rings. The van der Waals surface area contributed by atoms with Crippen molar-refractivity contribution in [1.29, 1.82) is 0 Å². The van der Waals surface area contributed by atoms with Crippen molar-refractivity contribution >= 4 is 18.3 Å². The lowest BCUT2D eigenvalue weighted by atomic mass is 10.1. The zero-order valence-electron chi connectivity index (χ0n) is 15.9. The summed E-state index contributed by atoms with van der Waals surface area (Å²) < 4.78 is 11.0. The van der Waals surface area contributed by atoms with Gasteiger partial charge in [-0.1, -0.05) is 35.0 Å². The van der Waals surface area contributed by atoms with Gasteiger partial charge in [0.2, 0.25) is 0 Å². The van der Waals surface area contributed by atoms with Gasteiger partial charge >= 0.3 is 0 Å². The topological polar surface area (TPSA) is 71.5 Å². The van der Waals surface area contributed by atoms with E-state index in [-0.39, 0.29) is 30.0 Å². The number of amides is 1. The molecule has 6 nitrogen and oxygen atoms in total. The normalized spacial score (nSPS) is 11.9. The molecule has 0 aliphatic rings. The molecular formula is C20H24ClN3O3. The largest absolute Gasteiger partial charge is 0.465 e. The van der Waals surface area contributed by atoms with Crippen LogP contribution in [0.5, 0.6) is 0 Å². The molecule has 3 aromatic rings. The van der Waals surface area contributed by atoms with Gasteiger partial charge in [-0.2, -0.15) is 0 Å². The Kier molecular flexibility index (Phi) is 6.82. The molecule has 2 heterocycles. The second-order valence-electron chi connectivity index (χ2n) is 6.58. The number of carbonyl (C=O) groups excluding carboxylic acids is 1. The van der Waals surface area contributed by atoms with Crippen LogP contribution in [0.4, 0.5) is 0 Å². The fourth-order valence-electron chi connectivity index (χ4n) is 2.69. The summed E-state index contributed by atoms with van der Waals surface area (Å²) in [5, 5.41) is 6.79. The highest BCUT2D eigenvalue weighted by molar-refractivity contribution is 5.93. The van der Waals surface area contributed by atoms with E-state index in [0.29, 0.717) is 12.3 Å². The summed E-state index contributed by atoms with van der Waals surface area (Å²) in [6.07, 6.45) is 0. The molecule has 0 bridgehead atoms. The zero-order chi connectivity index (χ0) is 18.7. The van der Waals surface area contributed by atoms with E-state index in [9.17, 15) is 4.79 Å². The Balaban J connectivity index is 0.00000261. The minimum absolute atomic E-state index is 0. The number of hydrogen-bond donors (Lipinski definition) is 1. The van der Waals surface area contributed by atoms with E-state index >= 15 is 0 Å². The van der Waals surface area contributed by atoms with Crippen LogP contribution in [0.15, 0.2) is 51.4 Å². The molecular weight excluding hydrogens is 366 g/mol. The molecule has 0 saturated heterocycles. The second kappa shape index (κ2) is 8.88. The molecule has 1 amide bonds. The summed E-state index contributed by atoms with van der Waals surface area (Å²) in [5.41, 5.74) is 2.31. The third-order valence-corrected chi connectivity index (χ3v) is 4.25. The summed E-state index contributed by atoms with van der Waals surface area (Å²) in [7, 11) is 3.89. The first-order valence-corrected chi connectivity index (χ1v) is 8.49. The lowest BCUT2D eigenvalue weighted by molar-refractivity contribution is 0.0930. The standard InChI is InChI=1S/C20H23N3O3.ClH/c1-13-5-8-15(9-6-13)19-11-16(22-26-19)20(24)21-12-17(23(3)4)18-10-7-14(2)25-18;/h5-11,17H,12H2,1-4H3,(H,21,24);1H. The fourth-order valence-corrected chi connectivity index (χ4v) is 2.69. The average Bonchev–Trinajstić information content (AvgIpc) is 3.25. The van der Waals surface area contributed by atoms with Gasteiger partial charge < -0.3 is 14.3 Å². The predicted octanol–water partition coefficient (Wildman–Crippen LogP) is 4.01. The van der Waals surface area contributed by atoms with E-state index in [1.54, 1.807) is 6.07 Å². The highest BCUT2D eigenvalue weighted by atomic mass is 35.5. The summed E-state index contributed by atoms with van der Waals surface area (Å²) in [5.74, 6) is 1.95. The van der Waals surface area contributed by atoms with Crippen LogP contribution in [0, 0.1) is 13.8 Å². The smallest absolute Gasteiger partial charge is 0.273 e. The van der Waals surface area contributed by atoms with Crippen LogP contribution in [-0.4, -0.2) is 36.6 Å². The van der Waals surface area contributed by atoms with Crippen LogP contribution >= 0.6 is 12.4 Å². The van der Waals surface area contributed by atoms with Gasteiger partial charge in [0, 0.05) is 18.2 Å². The Hall–Kier alpha value is -2.57. The highest BCUT2D eigenvalue weighted by Crippen LogP contribution is 2.22. The predicted molar refractivity (Wildman–Crippen MR) is 106 cm³/mol. The molecule has 0 aliphatic carbocycles. The lowest BCUT2D eigenvalue weighted by Gasteiger charge is -2.22. The zero-order valence-corrected chi connectivity index (χ0v) is 16.7. The fraction of sp³-hybridized carbons (Fsp3) is 0.300. The number of likely N-dealkylation sites (N-methyl/N-ethyl adjacent to an activating group) is 1. The number of benzene rings is 1. The van der Waals surface area contributed by atoms with Gasteiger partial charge in [0.1, 0.15) is 11.5 Å². The van der Waals surface area contributed by atoms with Crippen molar-refractivity contribution in [3.05, 3.63) is 65.2 Å². The van der Waals surface area contributed by atoms with E-state index in [4.69, 9.17) is 8.94 Å². The van der Waals surface area contributed by atoms with Crippen molar-refractivity contribution in [2.75, 3.05) is 20.6 Å². The molecule has 0 saturated carbocycles. The van der Waals surface area contributed by atoms with Crippen LogP contribution in [0.1, 0.15) is 33.6 Å². The molecule has 0 spiro atoms. The minimum Gasteiger partial charge on any atom is -0.465 e. The molecule has 2 aromatic heterocycles. The van der Waals surface area contributed by atoms with E-state index in [0.717, 1.165) is 22.6 Å². The Morgan fingerprint density at radius 3 is 2.44 bits per heavy atom. The van der Waals surface area contributed by atoms with E-state index in [1.807, 2.05) is 69.2 Å². The molecule has 1 atom stereocenters. The maximum Gasteiger partial charge on any atom is 0.273 e. The Morgan fingerprint density at radius 1 is 1.15 bits per heavy atom. The van der Waals surface area contributed by atoms with Crippen LogP contribution in [0.2, 0.25) is 0 Å². The highest BCUT2D eigenvalue weighted by Gasteiger charge is 2.20. The van der Waals surface area contributed by atoms with Crippen LogP contribution in [0.3, 0.4) is 0 Å². The third-order valence-electron chi connectivity index (χ3n) is 4.25. The molecule has 27 heavy (non-hydrogen) atoms. The number of rotatable bonds is 6. The van der Waals surface area contributed by atoms with Crippen molar-refractivity contribution in [3.63, 3.8) is 0 Å². The third kappa shape index (κ3) is 4.99. The van der Waals surface area contributed by atoms with Crippen LogP contribution in [-0.2, 0) is 0 Å². The first kappa shape index (κ1) is 20.7. The molecule has 0 radical (unpaired) electrons. The summed E-state index contributed by atoms with van der Waals surface area (Å²) in [4.78, 5) is 14.4. The van der Waals surface area contributed by atoms with Crippen LogP contribution < -0.4 is 5.32 Å². The van der Waals surface area contributed by atoms with Crippen molar-refractivity contribution in [3.8, 4) is 11.3 Å². The van der Waals surface area contributed by atoms with Crippen molar-refractivity contribution in [2.24, 2.45) is 0 Å². The van der Waals surface area contributed by atoms with Gasteiger partial charge in [0.25, 0.3) is 5.91 Å². The number of nitrogens with one attached hydrogen (secondary N) is 1. The van der Waals surface area contributed by atoms with Crippen LogP contribution in [0.25, 0.3) is 11.3 Å². The number of aryl methyl sites for hydroxylation is 2. The Bertz CT molecular complexity index is 884. The average molecular weight is 390 g/mol. The number of aromatic nitrogens is 1. The number of halogens is 1. The Labute approximate surface area is 164 Å². The maximum atomic E-state index is 12.4. The number of nitrogens with zero attached hydrogens (tertiary/aromatic N) is 2. The number of hydrogen-bond acceptors (Lipinski definition) is 5. The van der Waals surface area contributed by atoms with Gasteiger partial charge in [-0.25, -0.2) is 0 Å². The first-order chi connectivity index (χ1) is 12.4. The van der Waals surface area contributed by atoms with E-state index in [1.165, 1.54) is 0 Å². The number of carbonyl (C=O) groups is 1. The molecule has 0 aliphatic heterocycles. The van der Waals surface area contributed by atoms with Gasteiger partial charge in [-0.3, -0.25) is 9.69 Å². The molecule has 3 rings (SSSR count). The summed E-state index contributed by atoms with van der Waals surface area (Å²) in [6.45, 7) is 4.33. The Morgan fingerprint density at radius 2 is 1.85 bits per heavy atom. The van der Waals surface area contributed by atoms with E-state index in [2.05, 4.69) is 10.5 Å². The SMILES string of the molecule is Cc1ccc(-c2cc(C(=O)NCC(c3ccc(C)o3)N(C)C)no2)cc1.Cl. The summed E-state index contributed by atoms with van der Waals surface area (Å²) in [6, 6.07) is 13.3. The van der Waals surface area contributed by atoms with Crippen molar-refractivity contribution < 1.29 is 13.7 Å².